The Hall–Kier alpha value is -0.910. The minimum absolute atomic E-state index is 0.174. The highest BCUT2D eigenvalue weighted by molar-refractivity contribution is 9.11. The molecule has 5 heteroatoms. The summed E-state index contributed by atoms with van der Waals surface area (Å²) in [7, 11) is 1.41. The number of ether oxygens (including phenoxy) is 1. The lowest BCUT2D eigenvalue weighted by Crippen LogP contribution is -1.99. The second-order valence-electron chi connectivity index (χ2n) is 3.48. The third kappa shape index (κ3) is 2.68. The second-order valence-corrected chi connectivity index (χ2v) is 5.77. The largest absolute Gasteiger partial charge is 0.494 e. The van der Waals surface area contributed by atoms with E-state index in [0.29, 0.717) is 5.56 Å². The number of thiophene rings is 1. The van der Waals surface area contributed by atoms with E-state index in [9.17, 15) is 9.50 Å². The van der Waals surface area contributed by atoms with Crippen molar-refractivity contribution in [2.75, 3.05) is 7.11 Å². The lowest BCUT2D eigenvalue weighted by molar-refractivity contribution is 0.220. The van der Waals surface area contributed by atoms with Crippen molar-refractivity contribution in [2.24, 2.45) is 0 Å². The topological polar surface area (TPSA) is 29.5 Å². The van der Waals surface area contributed by atoms with Gasteiger partial charge >= 0.3 is 0 Å². The molecular weight excluding hydrogens is 307 g/mol. The number of halogens is 2. The van der Waals surface area contributed by atoms with E-state index in [4.69, 9.17) is 4.74 Å². The van der Waals surface area contributed by atoms with E-state index < -0.39 is 11.9 Å². The predicted molar refractivity (Wildman–Crippen MR) is 69.0 cm³/mol. The molecule has 1 atom stereocenters. The highest BCUT2D eigenvalue weighted by atomic mass is 79.9. The summed E-state index contributed by atoms with van der Waals surface area (Å²) in [5.41, 5.74) is 1.25. The molecular formula is C12H10BrFO2S. The molecule has 1 aromatic carbocycles. The molecule has 2 nitrogen and oxygen atoms in total. The highest BCUT2D eigenvalue weighted by Crippen LogP contribution is 2.30. The van der Waals surface area contributed by atoms with Crippen molar-refractivity contribution in [1.29, 1.82) is 0 Å². The van der Waals surface area contributed by atoms with Crippen molar-refractivity contribution in [3.05, 3.63) is 50.4 Å². The molecule has 0 fully saturated rings. The smallest absolute Gasteiger partial charge is 0.165 e. The van der Waals surface area contributed by atoms with E-state index in [1.165, 1.54) is 30.6 Å². The van der Waals surface area contributed by atoms with Gasteiger partial charge in [0.1, 0.15) is 6.10 Å². The van der Waals surface area contributed by atoms with Crippen LogP contribution in [-0.4, -0.2) is 12.2 Å². The standard InChI is InChI=1S/C12H10BrFO2S/c1-16-10-3-2-7(4-9(10)14)12(15)8-5-11(13)17-6-8/h2-6,12,15H,1H3. The van der Waals surface area contributed by atoms with Gasteiger partial charge in [0.25, 0.3) is 0 Å². The molecule has 1 N–H and O–H groups in total. The monoisotopic (exact) mass is 316 g/mol. The molecule has 0 aliphatic rings. The van der Waals surface area contributed by atoms with E-state index in [1.54, 1.807) is 6.07 Å². The van der Waals surface area contributed by atoms with Crippen LogP contribution in [-0.2, 0) is 0 Å². The summed E-state index contributed by atoms with van der Waals surface area (Å²) in [4.78, 5) is 0. The van der Waals surface area contributed by atoms with Crippen LogP contribution in [0.4, 0.5) is 4.39 Å². The van der Waals surface area contributed by atoms with E-state index >= 15 is 0 Å². The Bertz CT molecular complexity index is 527. The molecule has 0 bridgehead atoms. The van der Waals surface area contributed by atoms with Crippen LogP contribution in [0.1, 0.15) is 17.2 Å². The first-order valence-electron chi connectivity index (χ1n) is 4.87. The summed E-state index contributed by atoms with van der Waals surface area (Å²) < 4.78 is 19.2. The van der Waals surface area contributed by atoms with E-state index in [1.807, 2.05) is 11.4 Å². The van der Waals surface area contributed by atoms with Crippen LogP contribution in [0.25, 0.3) is 0 Å². The van der Waals surface area contributed by atoms with Crippen molar-refractivity contribution in [3.8, 4) is 5.75 Å². The van der Waals surface area contributed by atoms with E-state index in [-0.39, 0.29) is 5.75 Å². The van der Waals surface area contributed by atoms with Crippen LogP contribution in [0.15, 0.2) is 33.4 Å². The number of rotatable bonds is 3. The Morgan fingerprint density at radius 3 is 2.65 bits per heavy atom. The molecule has 2 rings (SSSR count). The van der Waals surface area contributed by atoms with E-state index in [0.717, 1.165) is 9.35 Å². The molecule has 1 unspecified atom stereocenters. The first-order valence-corrected chi connectivity index (χ1v) is 6.54. The van der Waals surface area contributed by atoms with Crippen molar-refractivity contribution < 1.29 is 14.2 Å². The number of hydrogen-bond acceptors (Lipinski definition) is 3. The van der Waals surface area contributed by atoms with Crippen LogP contribution in [0, 0.1) is 5.82 Å². The molecule has 0 amide bonds. The van der Waals surface area contributed by atoms with Crippen LogP contribution < -0.4 is 4.74 Å². The zero-order valence-electron chi connectivity index (χ0n) is 8.98. The molecule has 17 heavy (non-hydrogen) atoms. The summed E-state index contributed by atoms with van der Waals surface area (Å²) >= 11 is 4.80. The summed E-state index contributed by atoms with van der Waals surface area (Å²) in [5, 5.41) is 11.9. The lowest BCUT2D eigenvalue weighted by Gasteiger charge is -2.10. The highest BCUT2D eigenvalue weighted by Gasteiger charge is 2.14. The molecule has 1 aromatic heterocycles. The zero-order chi connectivity index (χ0) is 12.4. The third-order valence-electron chi connectivity index (χ3n) is 2.40. The quantitative estimate of drug-likeness (QED) is 0.934. The molecule has 0 saturated heterocycles. The zero-order valence-corrected chi connectivity index (χ0v) is 11.4. The maximum atomic E-state index is 13.5. The number of benzene rings is 1. The van der Waals surface area contributed by atoms with Gasteiger partial charge in [0.05, 0.1) is 10.9 Å². The van der Waals surface area contributed by atoms with Gasteiger partial charge in [0, 0.05) is 0 Å². The van der Waals surface area contributed by atoms with Crippen LogP contribution >= 0.6 is 27.3 Å². The Kier molecular flexibility index (Phi) is 3.81. The van der Waals surface area contributed by atoms with E-state index in [2.05, 4.69) is 15.9 Å². The van der Waals surface area contributed by atoms with Crippen molar-refractivity contribution >= 4 is 27.3 Å². The molecule has 0 saturated carbocycles. The maximum absolute atomic E-state index is 13.5. The van der Waals surface area contributed by atoms with Gasteiger partial charge in [-0.3, -0.25) is 0 Å². The SMILES string of the molecule is COc1ccc(C(O)c2csc(Br)c2)cc1F. The van der Waals surface area contributed by atoms with Gasteiger partial charge in [-0.25, -0.2) is 4.39 Å². The molecule has 0 aliphatic heterocycles. The Morgan fingerprint density at radius 2 is 2.12 bits per heavy atom. The second kappa shape index (κ2) is 5.16. The normalized spacial score (nSPS) is 12.5. The van der Waals surface area contributed by atoms with Crippen LogP contribution in [0.5, 0.6) is 5.75 Å². The number of methoxy groups -OCH3 is 1. The van der Waals surface area contributed by atoms with Gasteiger partial charge in [0.15, 0.2) is 11.6 Å². The number of aliphatic hydroxyl groups excluding tert-OH is 1. The van der Waals surface area contributed by atoms with Crippen molar-refractivity contribution in [2.45, 2.75) is 6.10 Å². The molecule has 0 spiro atoms. The fraction of sp³-hybridized carbons (Fsp3) is 0.167. The fourth-order valence-electron chi connectivity index (χ4n) is 1.51. The maximum Gasteiger partial charge on any atom is 0.165 e. The molecule has 0 aliphatic carbocycles. The van der Waals surface area contributed by atoms with Crippen LogP contribution in [0.2, 0.25) is 0 Å². The van der Waals surface area contributed by atoms with Crippen molar-refractivity contribution in [1.82, 2.24) is 0 Å². The first-order chi connectivity index (χ1) is 8.11. The number of hydrogen-bond donors (Lipinski definition) is 1. The van der Waals surface area contributed by atoms with Gasteiger partial charge in [0.2, 0.25) is 0 Å². The van der Waals surface area contributed by atoms with Crippen LogP contribution in [0.3, 0.4) is 0 Å². The van der Waals surface area contributed by atoms with Gasteiger partial charge in [-0.15, -0.1) is 11.3 Å². The lowest BCUT2D eigenvalue weighted by atomic mass is 10.0. The molecule has 2 aromatic rings. The van der Waals surface area contributed by atoms with Gasteiger partial charge < -0.3 is 9.84 Å². The molecule has 90 valence electrons. The predicted octanol–water partition coefficient (Wildman–Crippen LogP) is 3.74. The minimum Gasteiger partial charge on any atom is -0.494 e. The van der Waals surface area contributed by atoms with Gasteiger partial charge in [-0.1, -0.05) is 6.07 Å². The first kappa shape index (κ1) is 12.5. The summed E-state index contributed by atoms with van der Waals surface area (Å²) in [6.45, 7) is 0. The Labute approximate surface area is 111 Å². The average molecular weight is 317 g/mol. The van der Waals surface area contributed by atoms with Crippen molar-refractivity contribution in [3.63, 3.8) is 0 Å². The van der Waals surface area contributed by atoms with Gasteiger partial charge in [-0.2, -0.15) is 0 Å². The summed E-state index contributed by atoms with van der Waals surface area (Å²) in [6, 6.07) is 6.26. The molecule has 1 heterocycles. The minimum atomic E-state index is -0.821. The van der Waals surface area contributed by atoms with Gasteiger partial charge in [-0.05, 0) is 50.6 Å². The number of aliphatic hydroxyl groups is 1. The summed E-state index contributed by atoms with van der Waals surface area (Å²) in [5.74, 6) is -0.300. The average Bonchev–Trinajstić information content (AvgIpc) is 2.75. The molecule has 0 radical (unpaired) electrons. The summed E-state index contributed by atoms with van der Waals surface area (Å²) in [6.07, 6.45) is -0.821. The Morgan fingerprint density at radius 1 is 1.35 bits per heavy atom. The fourth-order valence-corrected chi connectivity index (χ4v) is 2.71. The third-order valence-corrected chi connectivity index (χ3v) is 3.92. The Balaban J connectivity index is 2.31.